The molecule has 69 heavy (non-hydrogen) atoms. The van der Waals surface area contributed by atoms with Gasteiger partial charge in [0.1, 0.15) is 12.2 Å². The van der Waals surface area contributed by atoms with E-state index in [1.807, 2.05) is 17.5 Å². The molecule has 11 rings (SSSR count). The Morgan fingerprint density at radius 1 is 0.797 bits per heavy atom. The second-order valence-electron chi connectivity index (χ2n) is 22.6. The Bertz CT molecular complexity index is 3500. The van der Waals surface area contributed by atoms with Crippen LogP contribution in [0.15, 0.2) is 134 Å². The van der Waals surface area contributed by atoms with Crippen molar-refractivity contribution in [2.24, 2.45) is 5.92 Å². The van der Waals surface area contributed by atoms with Crippen molar-refractivity contribution in [2.45, 2.75) is 125 Å². The molecule has 4 nitrogen and oxygen atoms in total. The van der Waals surface area contributed by atoms with Crippen LogP contribution in [-0.4, -0.2) is 17.6 Å². The number of allylic oxidation sites excluding steroid dienone is 1. The quantitative estimate of drug-likeness (QED) is 0.0888. The summed E-state index contributed by atoms with van der Waals surface area (Å²) < 4.78 is 10.7. The normalized spacial score (nSPS) is 16.1. The van der Waals surface area contributed by atoms with E-state index < -0.39 is 8.07 Å². The van der Waals surface area contributed by atoms with Crippen molar-refractivity contribution in [3.8, 4) is 39.5 Å². The van der Waals surface area contributed by atoms with Gasteiger partial charge in [0.2, 0.25) is 5.69 Å². The minimum absolute atomic E-state index is 0.0678. The van der Waals surface area contributed by atoms with Gasteiger partial charge in [0, 0.05) is 61.3 Å². The van der Waals surface area contributed by atoms with Gasteiger partial charge in [-0.3, -0.25) is 4.98 Å². The van der Waals surface area contributed by atoms with E-state index in [0.29, 0.717) is 12.5 Å². The van der Waals surface area contributed by atoms with Crippen molar-refractivity contribution in [2.75, 3.05) is 0 Å². The molecule has 0 saturated carbocycles. The van der Waals surface area contributed by atoms with Crippen molar-refractivity contribution < 1.29 is 9.13 Å². The summed E-state index contributed by atoms with van der Waals surface area (Å²) in [6, 6.07) is 40.1. The van der Waals surface area contributed by atoms with E-state index in [2.05, 4.69) is 204 Å². The molecule has 0 aliphatic carbocycles. The van der Waals surface area contributed by atoms with E-state index in [1.165, 1.54) is 110 Å². The molecule has 0 N–H and O–H groups in total. The fourth-order valence-electron chi connectivity index (χ4n) is 12.2. The van der Waals surface area contributed by atoms with Gasteiger partial charge < -0.3 is 0 Å². The Kier molecular flexibility index (Phi) is 11.3. The van der Waals surface area contributed by atoms with Gasteiger partial charge in [0.25, 0.3) is 5.82 Å². The van der Waals surface area contributed by atoms with Gasteiger partial charge in [-0.25, -0.2) is 4.57 Å². The summed E-state index contributed by atoms with van der Waals surface area (Å²) in [7, 11) is -1.76. The Labute approximate surface area is 415 Å². The number of rotatable bonds is 7. The maximum Gasteiger partial charge on any atom is 0.297 e. The van der Waals surface area contributed by atoms with E-state index in [1.54, 1.807) is 5.19 Å². The maximum atomic E-state index is 5.26. The first-order valence-corrected chi connectivity index (χ1v) is 29.8. The Balaban J connectivity index is 1.26. The average Bonchev–Trinajstić information content (AvgIpc) is 3.84. The number of pyridine rings is 2. The lowest BCUT2D eigenvalue weighted by atomic mass is 9.76. The number of nitrogens with zero attached hydrogens (tertiary/aromatic N) is 4. The summed E-state index contributed by atoms with van der Waals surface area (Å²) in [4.78, 5) is 4.96. The van der Waals surface area contributed by atoms with Crippen molar-refractivity contribution in [3.05, 3.63) is 173 Å². The highest BCUT2D eigenvalue weighted by Crippen LogP contribution is 2.49. The fraction of sp³-hybridized carbons (Fsp3) is 0.317. The number of fused-ring (bicyclic) bond motifs is 15. The molecule has 9 aromatic rings. The SMILES string of the molecule is C=C1C[n+]2c(n(-c3c(C(C)C)cc(-c4ccccc4)cc3C(C)C)c3cnccc32)-c2c(ccc3c2sc2ccc(C)cc23)CCC2c3cc(C)ccc3-c3cc(CC(C)C)c([Si](C)(C)C)c[n+]3C12. The Hall–Kier alpha value is -5.95. The van der Waals surface area contributed by atoms with Crippen LogP contribution in [-0.2, 0) is 19.4 Å². The maximum absolute atomic E-state index is 5.26. The summed E-state index contributed by atoms with van der Waals surface area (Å²) in [5, 5.41) is 4.25. The molecule has 2 unspecified atom stereocenters. The number of aromatic nitrogens is 4. The molecule has 0 spiro atoms. The lowest BCUT2D eigenvalue weighted by Gasteiger charge is -2.34. The van der Waals surface area contributed by atoms with Crippen LogP contribution in [0.5, 0.6) is 0 Å². The molecule has 0 amide bonds. The molecule has 2 aliphatic heterocycles. The molecule has 6 heterocycles. The minimum atomic E-state index is -1.76. The zero-order valence-corrected chi connectivity index (χ0v) is 44.5. The number of imidazole rings is 1. The smallest absolute Gasteiger partial charge is 0.260 e. The molecule has 0 fully saturated rings. The van der Waals surface area contributed by atoms with Gasteiger partial charge in [-0.2, -0.15) is 9.13 Å². The van der Waals surface area contributed by atoms with E-state index in [0.717, 1.165) is 24.8 Å². The molecular formula is C63H68N4SSi+2. The van der Waals surface area contributed by atoms with E-state index in [-0.39, 0.29) is 23.8 Å². The summed E-state index contributed by atoms with van der Waals surface area (Å²) in [5.41, 5.74) is 21.1. The highest BCUT2D eigenvalue weighted by molar-refractivity contribution is 7.26. The third-order valence-corrected chi connectivity index (χ3v) is 18.6. The molecule has 0 radical (unpaired) electrons. The monoisotopic (exact) mass is 940 g/mol. The molecule has 0 saturated heterocycles. The molecule has 2 atom stereocenters. The zero-order valence-electron chi connectivity index (χ0n) is 42.7. The molecule has 348 valence electrons. The highest BCUT2D eigenvalue weighted by atomic mass is 32.1. The number of aryl methyl sites for hydroxylation is 3. The largest absolute Gasteiger partial charge is 0.297 e. The van der Waals surface area contributed by atoms with Crippen LogP contribution in [0.4, 0.5) is 0 Å². The van der Waals surface area contributed by atoms with Gasteiger partial charge in [-0.1, -0.05) is 140 Å². The summed E-state index contributed by atoms with van der Waals surface area (Å²) >= 11 is 1.96. The average molecular weight is 941 g/mol. The molecular weight excluding hydrogens is 873 g/mol. The molecule has 6 heteroatoms. The lowest BCUT2D eigenvalue weighted by molar-refractivity contribution is -0.718. The molecule has 4 aromatic heterocycles. The van der Waals surface area contributed by atoms with Crippen LogP contribution in [0.3, 0.4) is 0 Å². The van der Waals surface area contributed by atoms with E-state index >= 15 is 0 Å². The van der Waals surface area contributed by atoms with Crippen LogP contribution < -0.4 is 14.3 Å². The predicted molar refractivity (Wildman–Crippen MR) is 296 cm³/mol. The Morgan fingerprint density at radius 3 is 2.23 bits per heavy atom. The second kappa shape index (κ2) is 17.2. The molecule has 0 bridgehead atoms. The van der Waals surface area contributed by atoms with Gasteiger partial charge in [0.15, 0.2) is 23.3 Å². The van der Waals surface area contributed by atoms with Gasteiger partial charge in [-0.15, -0.1) is 11.3 Å². The fourth-order valence-corrected chi connectivity index (χ4v) is 15.1. The van der Waals surface area contributed by atoms with Crippen LogP contribution >= 0.6 is 11.3 Å². The summed E-state index contributed by atoms with van der Waals surface area (Å²) in [6.45, 7) is 32.2. The van der Waals surface area contributed by atoms with Crippen molar-refractivity contribution in [3.63, 3.8) is 0 Å². The van der Waals surface area contributed by atoms with Crippen LogP contribution in [0, 0.1) is 19.8 Å². The second-order valence-corrected chi connectivity index (χ2v) is 28.6. The van der Waals surface area contributed by atoms with Crippen molar-refractivity contribution in [1.82, 2.24) is 9.55 Å². The zero-order chi connectivity index (χ0) is 48.2. The van der Waals surface area contributed by atoms with Crippen LogP contribution in [0.25, 0.3) is 70.7 Å². The standard InChI is InChI=1S/C63H68N4SSi/c1-37(2)28-46-33-55-47-22-18-40(7)29-52(47)48-23-20-44-21-24-49-53-30-41(8)19-25-57(53)68-62(49)59(44)63-66(35-42(9)60(48)65(55)36-58(46)69(10,11)12)54-26-27-64-34-56(54)67(63)61-50(38(3)4)31-45(32-51(61)39(5)6)43-16-14-13-15-17-43/h13-19,21-22,24-27,29-34,36-39,48,60H,9,20,23,28,35H2,1-8,10-12H3/q+2. The summed E-state index contributed by atoms with van der Waals surface area (Å²) in [5.74, 6) is 2.56. The van der Waals surface area contributed by atoms with Gasteiger partial charge in [0.05, 0.1) is 30.5 Å². The predicted octanol–water partition coefficient (Wildman–Crippen LogP) is 15.4. The Morgan fingerprint density at radius 2 is 1.52 bits per heavy atom. The van der Waals surface area contributed by atoms with Crippen molar-refractivity contribution >= 4 is 55.8 Å². The molecule has 2 aliphatic rings. The first-order chi connectivity index (χ1) is 33.1. The lowest BCUT2D eigenvalue weighted by Crippen LogP contribution is -2.55. The van der Waals surface area contributed by atoms with Crippen molar-refractivity contribution in [1.29, 1.82) is 0 Å². The minimum Gasteiger partial charge on any atom is -0.260 e. The first-order valence-electron chi connectivity index (χ1n) is 25.5. The van der Waals surface area contributed by atoms with Gasteiger partial charge in [-0.05, 0) is 109 Å². The van der Waals surface area contributed by atoms with Gasteiger partial charge >= 0.3 is 0 Å². The highest BCUT2D eigenvalue weighted by Gasteiger charge is 2.46. The van der Waals surface area contributed by atoms with E-state index in [4.69, 9.17) is 11.6 Å². The topological polar surface area (TPSA) is 25.6 Å². The van der Waals surface area contributed by atoms with Crippen LogP contribution in [0.1, 0.15) is 111 Å². The first kappa shape index (κ1) is 45.5. The number of thiophene rings is 1. The number of benzene rings is 5. The number of hydrogen-bond acceptors (Lipinski definition) is 2. The third-order valence-electron chi connectivity index (χ3n) is 15.3. The number of hydrogen-bond donors (Lipinski definition) is 0. The summed E-state index contributed by atoms with van der Waals surface area (Å²) in [6.07, 6.45) is 9.77. The van der Waals surface area contributed by atoms with E-state index in [9.17, 15) is 0 Å². The molecule has 5 aromatic carbocycles. The van der Waals surface area contributed by atoms with Crippen LogP contribution in [0.2, 0.25) is 19.6 Å². The third kappa shape index (κ3) is 7.65.